The number of carboxylic acids is 1. The summed E-state index contributed by atoms with van der Waals surface area (Å²) in [5, 5.41) is 12.5. The van der Waals surface area contributed by atoms with E-state index in [0.717, 1.165) is 25.7 Å². The molecule has 0 spiro atoms. The zero-order chi connectivity index (χ0) is 13.8. The number of nitrogens with one attached hydrogen (secondary N) is 1. The molecule has 2 N–H and O–H groups in total. The molecule has 0 aromatic rings. The van der Waals surface area contributed by atoms with Crippen molar-refractivity contribution in [2.45, 2.75) is 58.1 Å². The number of ether oxygens (including phenoxy) is 1. The first-order chi connectivity index (χ1) is 8.44. The van der Waals surface area contributed by atoms with Crippen molar-refractivity contribution in [3.8, 4) is 0 Å². The van der Waals surface area contributed by atoms with Crippen molar-refractivity contribution < 1.29 is 14.6 Å². The lowest BCUT2D eigenvalue weighted by Crippen LogP contribution is -2.53. The number of likely N-dealkylation sites (N-methyl/N-ethyl adjacent to an activating group) is 1. The third kappa shape index (κ3) is 3.23. The van der Waals surface area contributed by atoms with Gasteiger partial charge in [-0.25, -0.2) is 0 Å². The minimum absolute atomic E-state index is 0.180. The maximum absolute atomic E-state index is 11.5. The molecule has 4 heteroatoms. The third-order valence-corrected chi connectivity index (χ3v) is 4.43. The van der Waals surface area contributed by atoms with Crippen LogP contribution in [0.15, 0.2) is 0 Å². The van der Waals surface area contributed by atoms with Gasteiger partial charge in [-0.2, -0.15) is 0 Å². The lowest BCUT2D eigenvalue weighted by molar-refractivity contribution is -0.146. The van der Waals surface area contributed by atoms with Gasteiger partial charge in [0.15, 0.2) is 0 Å². The molecule has 1 fully saturated rings. The zero-order valence-electron chi connectivity index (χ0n) is 12.0. The van der Waals surface area contributed by atoms with E-state index in [-0.39, 0.29) is 12.0 Å². The molecule has 1 rings (SSSR count). The topological polar surface area (TPSA) is 58.6 Å². The zero-order valence-corrected chi connectivity index (χ0v) is 12.0. The molecule has 0 amide bonds. The van der Waals surface area contributed by atoms with Crippen molar-refractivity contribution in [3.05, 3.63) is 0 Å². The largest absolute Gasteiger partial charge is 0.480 e. The van der Waals surface area contributed by atoms with E-state index in [1.807, 2.05) is 0 Å². The van der Waals surface area contributed by atoms with Gasteiger partial charge in [0.2, 0.25) is 0 Å². The van der Waals surface area contributed by atoms with Crippen LogP contribution >= 0.6 is 0 Å². The average Bonchev–Trinajstić information content (AvgIpc) is 2.73. The van der Waals surface area contributed by atoms with Crippen LogP contribution in [0, 0.1) is 11.8 Å². The molecule has 1 aliphatic carbocycles. The molecule has 0 heterocycles. The van der Waals surface area contributed by atoms with Crippen LogP contribution in [0.4, 0.5) is 0 Å². The van der Waals surface area contributed by atoms with E-state index < -0.39 is 11.5 Å². The number of carboxylic acid groups (broad SMARTS) is 1. The minimum Gasteiger partial charge on any atom is -0.480 e. The highest BCUT2D eigenvalue weighted by molar-refractivity contribution is 5.79. The number of carbonyl (C=O) groups is 1. The molecule has 1 aliphatic rings. The van der Waals surface area contributed by atoms with Crippen molar-refractivity contribution in [2.24, 2.45) is 11.8 Å². The Morgan fingerprint density at radius 1 is 1.50 bits per heavy atom. The number of aliphatic carboxylic acids is 1. The van der Waals surface area contributed by atoms with Gasteiger partial charge in [0, 0.05) is 6.61 Å². The van der Waals surface area contributed by atoms with E-state index in [1.165, 1.54) is 0 Å². The fourth-order valence-corrected chi connectivity index (χ4v) is 2.77. The van der Waals surface area contributed by atoms with Crippen LogP contribution in [-0.2, 0) is 9.53 Å². The molecule has 1 saturated carbocycles. The summed E-state index contributed by atoms with van der Waals surface area (Å²) in [4.78, 5) is 11.5. The molecule has 0 saturated heterocycles. The van der Waals surface area contributed by atoms with Gasteiger partial charge >= 0.3 is 5.97 Å². The van der Waals surface area contributed by atoms with E-state index in [0.29, 0.717) is 12.5 Å². The molecular formula is C14H27NO3. The van der Waals surface area contributed by atoms with E-state index >= 15 is 0 Å². The Labute approximate surface area is 110 Å². The van der Waals surface area contributed by atoms with Gasteiger partial charge in [-0.1, -0.05) is 20.3 Å². The van der Waals surface area contributed by atoms with E-state index in [4.69, 9.17) is 4.74 Å². The van der Waals surface area contributed by atoms with Crippen LogP contribution in [0.2, 0.25) is 0 Å². The molecule has 4 nitrogen and oxygen atoms in total. The van der Waals surface area contributed by atoms with Gasteiger partial charge in [0.05, 0.1) is 6.10 Å². The predicted molar refractivity (Wildman–Crippen MR) is 71.6 cm³/mol. The van der Waals surface area contributed by atoms with Crippen LogP contribution in [0.3, 0.4) is 0 Å². The molecule has 3 atom stereocenters. The second-order valence-electron chi connectivity index (χ2n) is 5.72. The molecule has 0 bridgehead atoms. The lowest BCUT2D eigenvalue weighted by Gasteiger charge is -2.31. The number of hydrogen-bond donors (Lipinski definition) is 2. The molecule has 18 heavy (non-hydrogen) atoms. The van der Waals surface area contributed by atoms with Crippen LogP contribution in [-0.4, -0.2) is 36.4 Å². The van der Waals surface area contributed by atoms with Crippen molar-refractivity contribution in [2.75, 3.05) is 13.7 Å². The smallest absolute Gasteiger partial charge is 0.324 e. The van der Waals surface area contributed by atoms with Crippen molar-refractivity contribution >= 4 is 5.97 Å². The van der Waals surface area contributed by atoms with Crippen LogP contribution < -0.4 is 5.32 Å². The summed E-state index contributed by atoms with van der Waals surface area (Å²) in [6, 6.07) is 0. The van der Waals surface area contributed by atoms with Crippen LogP contribution in [0.25, 0.3) is 0 Å². The molecule has 0 radical (unpaired) electrons. The Balaban J connectivity index is 2.48. The summed E-state index contributed by atoms with van der Waals surface area (Å²) in [6.45, 7) is 6.99. The van der Waals surface area contributed by atoms with Gasteiger partial charge in [0.25, 0.3) is 0 Å². The maximum atomic E-state index is 11.5. The quantitative estimate of drug-likeness (QED) is 0.734. The van der Waals surface area contributed by atoms with Gasteiger partial charge in [0.1, 0.15) is 5.54 Å². The Kier molecular flexibility index (Phi) is 5.60. The molecule has 0 aliphatic heterocycles. The predicted octanol–water partition coefficient (Wildman–Crippen LogP) is 2.28. The highest BCUT2D eigenvalue weighted by atomic mass is 16.5. The SMILES string of the molecule is CNC1(C(=O)O)CCCC1CCOC(C)C(C)C. The summed E-state index contributed by atoms with van der Waals surface area (Å²) in [7, 11) is 1.75. The fourth-order valence-electron chi connectivity index (χ4n) is 2.77. The Morgan fingerprint density at radius 3 is 2.67 bits per heavy atom. The molecule has 3 unspecified atom stereocenters. The second kappa shape index (κ2) is 6.53. The number of rotatable bonds is 7. The van der Waals surface area contributed by atoms with Crippen molar-refractivity contribution in [1.82, 2.24) is 5.32 Å². The van der Waals surface area contributed by atoms with Gasteiger partial charge in [-0.05, 0) is 45.1 Å². The van der Waals surface area contributed by atoms with Crippen molar-refractivity contribution in [1.29, 1.82) is 0 Å². The monoisotopic (exact) mass is 257 g/mol. The minimum atomic E-state index is -0.732. The molecule has 0 aromatic heterocycles. The third-order valence-electron chi connectivity index (χ3n) is 4.43. The van der Waals surface area contributed by atoms with Crippen LogP contribution in [0.5, 0.6) is 0 Å². The Morgan fingerprint density at radius 2 is 2.17 bits per heavy atom. The van der Waals surface area contributed by atoms with Crippen LogP contribution in [0.1, 0.15) is 46.5 Å². The molecular weight excluding hydrogens is 230 g/mol. The normalized spacial score (nSPS) is 29.7. The Hall–Kier alpha value is -0.610. The van der Waals surface area contributed by atoms with Gasteiger partial charge in [-0.3, -0.25) is 4.79 Å². The molecule has 0 aromatic carbocycles. The number of hydrogen-bond acceptors (Lipinski definition) is 3. The highest BCUT2D eigenvalue weighted by Crippen LogP contribution is 2.38. The maximum Gasteiger partial charge on any atom is 0.324 e. The average molecular weight is 257 g/mol. The summed E-state index contributed by atoms with van der Waals surface area (Å²) in [5.74, 6) is -0.0362. The van der Waals surface area contributed by atoms with Gasteiger partial charge < -0.3 is 15.2 Å². The summed E-state index contributed by atoms with van der Waals surface area (Å²) >= 11 is 0. The van der Waals surface area contributed by atoms with E-state index in [9.17, 15) is 9.90 Å². The lowest BCUT2D eigenvalue weighted by atomic mass is 9.85. The summed E-state index contributed by atoms with van der Waals surface area (Å²) in [5.41, 5.74) is -0.732. The van der Waals surface area contributed by atoms with E-state index in [1.54, 1.807) is 7.05 Å². The second-order valence-corrected chi connectivity index (χ2v) is 5.72. The first-order valence-electron chi connectivity index (χ1n) is 6.98. The molecule has 106 valence electrons. The first-order valence-corrected chi connectivity index (χ1v) is 6.98. The fraction of sp³-hybridized carbons (Fsp3) is 0.929. The summed E-state index contributed by atoms with van der Waals surface area (Å²) < 4.78 is 5.76. The first kappa shape index (κ1) is 15.4. The Bertz CT molecular complexity index is 280. The van der Waals surface area contributed by atoms with E-state index in [2.05, 4.69) is 26.1 Å². The highest BCUT2D eigenvalue weighted by Gasteiger charge is 2.47. The summed E-state index contributed by atoms with van der Waals surface area (Å²) in [6.07, 6.45) is 3.75. The van der Waals surface area contributed by atoms with Crippen molar-refractivity contribution in [3.63, 3.8) is 0 Å². The standard InChI is InChI=1S/C14H27NO3/c1-10(2)11(3)18-9-7-12-6-5-8-14(12,15-4)13(16)17/h10-12,15H,5-9H2,1-4H3,(H,16,17). The van der Waals surface area contributed by atoms with Gasteiger partial charge in [-0.15, -0.1) is 0 Å².